The average molecular weight is 232 g/mol. The largest absolute Gasteiger partial charge is 0.316 e. The van der Waals surface area contributed by atoms with Crippen molar-refractivity contribution in [3.8, 4) is 0 Å². The molecule has 2 atom stereocenters. The summed E-state index contributed by atoms with van der Waals surface area (Å²) >= 11 is 0. The van der Waals surface area contributed by atoms with Crippen molar-refractivity contribution in [2.75, 3.05) is 7.05 Å². The molecule has 0 bridgehead atoms. The van der Waals surface area contributed by atoms with Crippen LogP contribution in [-0.2, 0) is 6.42 Å². The summed E-state index contributed by atoms with van der Waals surface area (Å²) in [7, 11) is 2.09. The fourth-order valence-electron chi connectivity index (χ4n) is 3.12. The standard InChI is InChI=1S/C15H24N2/c1-5-15(2,3)14(16-4)12-9-8-11-7-6-10-17-13(11)12/h6-7,10,12,14,16H,5,8-9H2,1-4H3. The van der Waals surface area contributed by atoms with Crippen LogP contribution in [0.15, 0.2) is 18.3 Å². The van der Waals surface area contributed by atoms with Crippen LogP contribution >= 0.6 is 0 Å². The van der Waals surface area contributed by atoms with Gasteiger partial charge in [-0.3, -0.25) is 4.98 Å². The Balaban J connectivity index is 2.29. The Bertz CT molecular complexity index is 384. The smallest absolute Gasteiger partial charge is 0.0482 e. The van der Waals surface area contributed by atoms with Gasteiger partial charge in [0.1, 0.15) is 0 Å². The Kier molecular flexibility index (Phi) is 3.53. The number of nitrogens with one attached hydrogen (secondary N) is 1. The number of fused-ring (bicyclic) bond motifs is 1. The normalized spacial score (nSPS) is 21.3. The minimum Gasteiger partial charge on any atom is -0.316 e. The minimum atomic E-state index is 0.318. The third kappa shape index (κ3) is 2.23. The highest BCUT2D eigenvalue weighted by molar-refractivity contribution is 5.30. The maximum atomic E-state index is 4.62. The van der Waals surface area contributed by atoms with Gasteiger partial charge in [0.2, 0.25) is 0 Å². The molecule has 0 amide bonds. The number of aryl methyl sites for hydroxylation is 1. The number of likely N-dealkylation sites (N-methyl/N-ethyl adjacent to an activating group) is 1. The van der Waals surface area contributed by atoms with Crippen LogP contribution in [0.5, 0.6) is 0 Å². The molecular weight excluding hydrogens is 208 g/mol. The van der Waals surface area contributed by atoms with Gasteiger partial charge >= 0.3 is 0 Å². The van der Waals surface area contributed by atoms with Crippen molar-refractivity contribution in [2.24, 2.45) is 5.41 Å². The van der Waals surface area contributed by atoms with Crippen LogP contribution in [0.3, 0.4) is 0 Å². The van der Waals surface area contributed by atoms with Gasteiger partial charge in [-0.1, -0.05) is 26.8 Å². The van der Waals surface area contributed by atoms with E-state index in [4.69, 9.17) is 0 Å². The van der Waals surface area contributed by atoms with Gasteiger partial charge in [0.15, 0.2) is 0 Å². The van der Waals surface area contributed by atoms with Gasteiger partial charge in [-0.2, -0.15) is 0 Å². The molecule has 1 N–H and O–H groups in total. The lowest BCUT2D eigenvalue weighted by Crippen LogP contribution is -2.43. The second kappa shape index (κ2) is 4.77. The Morgan fingerprint density at radius 2 is 2.29 bits per heavy atom. The number of rotatable bonds is 4. The fourth-order valence-corrected chi connectivity index (χ4v) is 3.12. The minimum absolute atomic E-state index is 0.318. The molecule has 94 valence electrons. The first kappa shape index (κ1) is 12.6. The summed E-state index contributed by atoms with van der Waals surface area (Å²) in [5.41, 5.74) is 3.09. The van der Waals surface area contributed by atoms with E-state index in [0.717, 1.165) is 0 Å². The van der Waals surface area contributed by atoms with Gasteiger partial charge in [0, 0.05) is 23.9 Å². The maximum Gasteiger partial charge on any atom is 0.0482 e. The van der Waals surface area contributed by atoms with Crippen molar-refractivity contribution < 1.29 is 0 Å². The highest BCUT2D eigenvalue weighted by Gasteiger charge is 2.38. The van der Waals surface area contributed by atoms with Gasteiger partial charge < -0.3 is 5.32 Å². The molecule has 0 aromatic carbocycles. The molecule has 0 saturated carbocycles. The van der Waals surface area contributed by atoms with E-state index in [-0.39, 0.29) is 0 Å². The molecule has 0 fully saturated rings. The lowest BCUT2D eigenvalue weighted by Gasteiger charge is -2.37. The zero-order valence-electron chi connectivity index (χ0n) is 11.5. The van der Waals surface area contributed by atoms with Crippen molar-refractivity contribution in [1.29, 1.82) is 0 Å². The predicted molar refractivity (Wildman–Crippen MR) is 72.2 cm³/mol. The summed E-state index contributed by atoms with van der Waals surface area (Å²) < 4.78 is 0. The molecule has 0 spiro atoms. The van der Waals surface area contributed by atoms with Gasteiger partial charge in [0.05, 0.1) is 0 Å². The highest BCUT2D eigenvalue weighted by atomic mass is 14.9. The van der Waals surface area contributed by atoms with E-state index in [2.05, 4.69) is 50.3 Å². The van der Waals surface area contributed by atoms with Crippen LogP contribution in [0, 0.1) is 5.41 Å². The third-order valence-corrected chi connectivity index (χ3v) is 4.47. The van der Waals surface area contributed by atoms with Gasteiger partial charge in [0.25, 0.3) is 0 Å². The summed E-state index contributed by atoms with van der Waals surface area (Å²) in [5, 5.41) is 3.54. The first-order valence-electron chi connectivity index (χ1n) is 6.71. The second-order valence-corrected chi connectivity index (χ2v) is 5.80. The Hall–Kier alpha value is -0.890. The first-order valence-corrected chi connectivity index (χ1v) is 6.71. The monoisotopic (exact) mass is 232 g/mol. The van der Waals surface area contributed by atoms with E-state index in [1.165, 1.54) is 30.5 Å². The molecule has 2 unspecified atom stereocenters. The zero-order chi connectivity index (χ0) is 12.5. The van der Waals surface area contributed by atoms with Gasteiger partial charge in [-0.05, 0) is 43.4 Å². The predicted octanol–water partition coefficient (Wildman–Crippen LogP) is 3.14. The molecule has 1 aliphatic carbocycles. The van der Waals surface area contributed by atoms with Gasteiger partial charge in [-0.25, -0.2) is 0 Å². The van der Waals surface area contributed by atoms with Crippen molar-refractivity contribution in [1.82, 2.24) is 10.3 Å². The molecule has 2 rings (SSSR count). The summed E-state index contributed by atoms with van der Waals surface area (Å²) in [5.74, 6) is 0.575. The molecule has 1 aromatic heterocycles. The number of hydrogen-bond acceptors (Lipinski definition) is 2. The number of aromatic nitrogens is 1. The number of hydrogen-bond donors (Lipinski definition) is 1. The Morgan fingerprint density at radius 1 is 1.53 bits per heavy atom. The molecule has 1 heterocycles. The van der Waals surface area contributed by atoms with Gasteiger partial charge in [-0.15, -0.1) is 0 Å². The van der Waals surface area contributed by atoms with Crippen molar-refractivity contribution in [2.45, 2.75) is 52.0 Å². The van der Waals surface area contributed by atoms with Crippen LogP contribution in [0.25, 0.3) is 0 Å². The molecule has 1 aromatic rings. The molecular formula is C15H24N2. The Morgan fingerprint density at radius 3 is 2.94 bits per heavy atom. The van der Waals surface area contributed by atoms with Crippen molar-refractivity contribution in [3.63, 3.8) is 0 Å². The van der Waals surface area contributed by atoms with Crippen LogP contribution in [0.4, 0.5) is 0 Å². The first-order chi connectivity index (χ1) is 8.10. The average Bonchev–Trinajstić information content (AvgIpc) is 2.74. The Labute approximate surface area is 105 Å². The van der Waals surface area contributed by atoms with E-state index in [9.17, 15) is 0 Å². The third-order valence-electron chi connectivity index (χ3n) is 4.47. The molecule has 0 aliphatic heterocycles. The molecule has 1 aliphatic rings. The lowest BCUT2D eigenvalue weighted by molar-refractivity contribution is 0.207. The van der Waals surface area contributed by atoms with E-state index < -0.39 is 0 Å². The summed E-state index contributed by atoms with van der Waals surface area (Å²) in [6.45, 7) is 6.99. The highest BCUT2D eigenvalue weighted by Crippen LogP contribution is 2.41. The zero-order valence-corrected chi connectivity index (χ0v) is 11.5. The van der Waals surface area contributed by atoms with Crippen LogP contribution in [-0.4, -0.2) is 18.1 Å². The van der Waals surface area contributed by atoms with Crippen molar-refractivity contribution in [3.05, 3.63) is 29.6 Å². The van der Waals surface area contributed by atoms with Crippen LogP contribution < -0.4 is 5.32 Å². The van der Waals surface area contributed by atoms with E-state index >= 15 is 0 Å². The molecule has 0 radical (unpaired) electrons. The topological polar surface area (TPSA) is 24.9 Å². The summed E-state index contributed by atoms with van der Waals surface area (Å²) in [6.07, 6.45) is 5.55. The van der Waals surface area contributed by atoms with E-state index in [1.807, 2.05) is 6.20 Å². The molecule has 2 heteroatoms. The quantitative estimate of drug-likeness (QED) is 0.862. The van der Waals surface area contributed by atoms with Crippen molar-refractivity contribution >= 4 is 0 Å². The lowest BCUT2D eigenvalue weighted by atomic mass is 9.74. The maximum absolute atomic E-state index is 4.62. The second-order valence-electron chi connectivity index (χ2n) is 5.80. The summed E-state index contributed by atoms with van der Waals surface area (Å²) in [4.78, 5) is 4.62. The van der Waals surface area contributed by atoms with Crippen LogP contribution in [0.1, 0.15) is 50.8 Å². The summed E-state index contributed by atoms with van der Waals surface area (Å²) in [6, 6.07) is 4.80. The van der Waals surface area contributed by atoms with E-state index in [1.54, 1.807) is 0 Å². The molecule has 0 saturated heterocycles. The van der Waals surface area contributed by atoms with Crippen LogP contribution in [0.2, 0.25) is 0 Å². The SMILES string of the molecule is CCC(C)(C)C(NC)C1CCc2cccnc21. The van der Waals surface area contributed by atoms with E-state index in [0.29, 0.717) is 17.4 Å². The number of pyridine rings is 1. The number of nitrogens with zero attached hydrogens (tertiary/aromatic N) is 1. The molecule has 2 nitrogen and oxygen atoms in total. The molecule has 17 heavy (non-hydrogen) atoms. The fraction of sp³-hybridized carbons (Fsp3) is 0.667.